The molecule has 0 bridgehead atoms. The van der Waals surface area contributed by atoms with Crippen molar-refractivity contribution in [2.45, 2.75) is 38.6 Å². The lowest BCUT2D eigenvalue weighted by atomic mass is 9.83. The highest BCUT2D eigenvalue weighted by molar-refractivity contribution is 7.09. The van der Waals surface area contributed by atoms with Crippen LogP contribution in [-0.2, 0) is 22.5 Å². The number of aromatic nitrogens is 3. The number of carbonyl (C=O) groups is 1. The zero-order valence-electron chi connectivity index (χ0n) is 15.9. The van der Waals surface area contributed by atoms with Crippen molar-refractivity contribution in [1.82, 2.24) is 20.1 Å². The molecule has 4 heterocycles. The number of carboxylic acids is 1. The SMILES string of the molecule is Cc1nc(C[C@H]2OC[C@H]3CN(Cc4cccs4)CC[C@H]32)n[nH]1.O=C(O)C(F)(F)F. The molecule has 0 radical (unpaired) electrons. The first kappa shape index (κ1) is 21.7. The molecule has 2 aliphatic rings. The van der Waals surface area contributed by atoms with E-state index in [1.54, 1.807) is 0 Å². The quantitative estimate of drug-likeness (QED) is 0.772. The van der Waals surface area contributed by atoms with Crippen LogP contribution < -0.4 is 0 Å². The number of hydrogen-bond acceptors (Lipinski definition) is 6. The highest BCUT2D eigenvalue weighted by atomic mass is 32.1. The number of ether oxygens (including phenoxy) is 1. The second-order valence-electron chi connectivity index (χ2n) is 7.24. The Morgan fingerprint density at radius 2 is 2.24 bits per heavy atom. The summed E-state index contributed by atoms with van der Waals surface area (Å²) in [5.41, 5.74) is 0. The molecule has 0 unspecified atom stereocenters. The molecule has 2 aliphatic heterocycles. The lowest BCUT2D eigenvalue weighted by Gasteiger charge is -2.35. The molecule has 0 amide bonds. The third-order valence-corrected chi connectivity index (χ3v) is 5.97. The van der Waals surface area contributed by atoms with Crippen molar-refractivity contribution >= 4 is 17.3 Å². The number of piperidine rings is 1. The van der Waals surface area contributed by atoms with Gasteiger partial charge in [-0.3, -0.25) is 10.00 Å². The monoisotopic (exact) mass is 432 g/mol. The van der Waals surface area contributed by atoms with E-state index in [-0.39, 0.29) is 0 Å². The zero-order chi connectivity index (χ0) is 21.0. The molecule has 2 aromatic rings. The van der Waals surface area contributed by atoms with Crippen LogP contribution in [0, 0.1) is 18.8 Å². The van der Waals surface area contributed by atoms with Gasteiger partial charge in [-0.1, -0.05) is 6.07 Å². The van der Waals surface area contributed by atoms with E-state index in [4.69, 9.17) is 14.6 Å². The fourth-order valence-electron chi connectivity index (χ4n) is 3.80. The van der Waals surface area contributed by atoms with Gasteiger partial charge < -0.3 is 9.84 Å². The number of nitrogens with zero attached hydrogens (tertiary/aromatic N) is 3. The molecule has 2 fully saturated rings. The van der Waals surface area contributed by atoms with Crippen molar-refractivity contribution in [2.75, 3.05) is 19.7 Å². The minimum absolute atomic E-state index is 0.295. The number of H-pyrrole nitrogens is 1. The third kappa shape index (κ3) is 6.00. The first-order valence-electron chi connectivity index (χ1n) is 9.26. The van der Waals surface area contributed by atoms with Gasteiger partial charge in [0.05, 0.1) is 12.7 Å². The summed E-state index contributed by atoms with van der Waals surface area (Å²) in [7, 11) is 0. The number of rotatable bonds is 4. The molecule has 0 spiro atoms. The van der Waals surface area contributed by atoms with Crippen LogP contribution in [0.4, 0.5) is 13.2 Å². The van der Waals surface area contributed by atoms with E-state index in [1.165, 1.54) is 17.8 Å². The summed E-state index contributed by atoms with van der Waals surface area (Å²) < 4.78 is 37.8. The van der Waals surface area contributed by atoms with Gasteiger partial charge in [-0.25, -0.2) is 9.78 Å². The minimum Gasteiger partial charge on any atom is -0.475 e. The van der Waals surface area contributed by atoms with Crippen molar-refractivity contribution in [2.24, 2.45) is 11.8 Å². The molecule has 0 aromatic carbocycles. The summed E-state index contributed by atoms with van der Waals surface area (Å²) in [5, 5.41) is 16.5. The Morgan fingerprint density at radius 3 is 2.83 bits per heavy atom. The van der Waals surface area contributed by atoms with Gasteiger partial charge in [-0.05, 0) is 37.3 Å². The normalized spacial score (nSPS) is 24.6. The fraction of sp³-hybridized carbons (Fsp3) is 0.611. The van der Waals surface area contributed by atoms with Gasteiger partial charge in [0, 0.05) is 30.3 Å². The van der Waals surface area contributed by atoms with Gasteiger partial charge in [0.25, 0.3) is 0 Å². The largest absolute Gasteiger partial charge is 0.490 e. The highest BCUT2D eigenvalue weighted by Crippen LogP contribution is 2.36. The fourth-order valence-corrected chi connectivity index (χ4v) is 4.55. The number of aryl methyl sites for hydroxylation is 1. The molecule has 2 saturated heterocycles. The second-order valence-corrected chi connectivity index (χ2v) is 8.28. The number of carboxylic acid groups (broad SMARTS) is 1. The molecule has 160 valence electrons. The average Bonchev–Trinajstić information content (AvgIpc) is 3.38. The number of halogens is 3. The Kier molecular flexibility index (Phi) is 6.91. The van der Waals surface area contributed by atoms with Gasteiger partial charge in [-0.15, -0.1) is 11.3 Å². The van der Waals surface area contributed by atoms with Crippen LogP contribution in [0.1, 0.15) is 22.9 Å². The topological polar surface area (TPSA) is 91.3 Å². The molecule has 3 atom stereocenters. The molecular formula is C18H23F3N4O3S. The number of fused-ring (bicyclic) bond motifs is 1. The Morgan fingerprint density at radius 1 is 1.48 bits per heavy atom. The summed E-state index contributed by atoms with van der Waals surface area (Å²) >= 11 is 1.85. The number of aliphatic carboxylic acids is 1. The highest BCUT2D eigenvalue weighted by Gasteiger charge is 2.41. The second kappa shape index (κ2) is 9.23. The van der Waals surface area contributed by atoms with Crippen molar-refractivity contribution in [3.63, 3.8) is 0 Å². The van der Waals surface area contributed by atoms with Gasteiger partial charge in [0.2, 0.25) is 0 Å². The predicted molar refractivity (Wildman–Crippen MR) is 99.4 cm³/mol. The number of alkyl halides is 3. The average molecular weight is 432 g/mol. The standard InChI is InChI=1S/C16H22N4OS.C2HF3O2/c1-11-17-16(19-18-11)7-15-14-4-5-20(8-12(14)10-21-15)9-13-3-2-6-22-13;3-2(4,5)1(6)7/h2-3,6,12,14-15H,4-5,7-10H2,1H3,(H,17,18,19);(H,6,7)/t12-,14-,15-;/m1./s1. The summed E-state index contributed by atoms with van der Waals surface area (Å²) in [5.74, 6) is 0.351. The van der Waals surface area contributed by atoms with Gasteiger partial charge >= 0.3 is 12.1 Å². The first-order chi connectivity index (χ1) is 13.7. The van der Waals surface area contributed by atoms with E-state index in [0.717, 1.165) is 37.8 Å². The van der Waals surface area contributed by atoms with Crippen molar-refractivity contribution < 1.29 is 27.8 Å². The van der Waals surface area contributed by atoms with Gasteiger partial charge in [0.15, 0.2) is 5.82 Å². The Bertz CT molecular complexity index is 797. The maximum Gasteiger partial charge on any atom is 0.490 e. The molecule has 29 heavy (non-hydrogen) atoms. The number of likely N-dealkylation sites (tertiary alicyclic amines) is 1. The third-order valence-electron chi connectivity index (χ3n) is 5.11. The van der Waals surface area contributed by atoms with Crippen LogP contribution in [0.25, 0.3) is 0 Å². The van der Waals surface area contributed by atoms with E-state index in [9.17, 15) is 13.2 Å². The molecule has 11 heteroatoms. The molecule has 0 aliphatic carbocycles. The molecule has 7 nitrogen and oxygen atoms in total. The summed E-state index contributed by atoms with van der Waals surface area (Å²) in [6, 6.07) is 4.37. The molecular weight excluding hydrogens is 409 g/mol. The minimum atomic E-state index is -5.08. The van der Waals surface area contributed by atoms with Crippen LogP contribution >= 0.6 is 11.3 Å². The maximum atomic E-state index is 10.6. The van der Waals surface area contributed by atoms with Crippen LogP contribution in [0.15, 0.2) is 17.5 Å². The predicted octanol–water partition coefficient (Wildman–Crippen LogP) is 2.89. The Labute approximate surface area is 169 Å². The van der Waals surface area contributed by atoms with Gasteiger partial charge in [0.1, 0.15) is 5.82 Å². The van der Waals surface area contributed by atoms with Gasteiger partial charge in [-0.2, -0.15) is 18.3 Å². The lowest BCUT2D eigenvalue weighted by Crippen LogP contribution is -2.41. The van der Waals surface area contributed by atoms with E-state index in [2.05, 4.69) is 37.6 Å². The molecule has 2 aromatic heterocycles. The van der Waals surface area contributed by atoms with E-state index in [1.807, 2.05) is 18.3 Å². The first-order valence-corrected chi connectivity index (χ1v) is 10.1. The zero-order valence-corrected chi connectivity index (χ0v) is 16.7. The van der Waals surface area contributed by atoms with Crippen LogP contribution in [-0.4, -0.2) is 63.1 Å². The summed E-state index contributed by atoms with van der Waals surface area (Å²) in [6.07, 6.45) is -2.72. The smallest absolute Gasteiger partial charge is 0.475 e. The summed E-state index contributed by atoms with van der Waals surface area (Å²) in [6.45, 7) is 6.25. The van der Waals surface area contributed by atoms with Crippen LogP contribution in [0.3, 0.4) is 0 Å². The Hall–Kier alpha value is -1.98. The van der Waals surface area contributed by atoms with Crippen LogP contribution in [0.2, 0.25) is 0 Å². The van der Waals surface area contributed by atoms with E-state index >= 15 is 0 Å². The number of nitrogens with one attached hydrogen (secondary N) is 1. The number of aromatic amines is 1. The summed E-state index contributed by atoms with van der Waals surface area (Å²) in [4.78, 5) is 17.4. The van der Waals surface area contributed by atoms with Crippen molar-refractivity contribution in [1.29, 1.82) is 0 Å². The molecule has 4 rings (SSSR count). The lowest BCUT2D eigenvalue weighted by molar-refractivity contribution is -0.192. The molecule has 0 saturated carbocycles. The van der Waals surface area contributed by atoms with Crippen molar-refractivity contribution in [3.8, 4) is 0 Å². The molecule has 2 N–H and O–H groups in total. The maximum absolute atomic E-state index is 10.6. The van der Waals surface area contributed by atoms with Crippen molar-refractivity contribution in [3.05, 3.63) is 34.0 Å². The van der Waals surface area contributed by atoms with E-state index < -0.39 is 12.1 Å². The number of thiophene rings is 1. The number of hydrogen-bond donors (Lipinski definition) is 2. The van der Waals surface area contributed by atoms with Crippen LogP contribution in [0.5, 0.6) is 0 Å². The van der Waals surface area contributed by atoms with E-state index in [0.29, 0.717) is 17.9 Å². The Balaban J connectivity index is 0.000000298.